The molecule has 0 amide bonds. The Bertz CT molecular complexity index is 488. The van der Waals surface area contributed by atoms with Crippen LogP contribution < -0.4 is 4.72 Å². The molecule has 0 spiro atoms. The van der Waals surface area contributed by atoms with E-state index >= 15 is 0 Å². The molecule has 7 nitrogen and oxygen atoms in total. The third-order valence-corrected chi connectivity index (χ3v) is 6.41. The molecule has 21 heavy (non-hydrogen) atoms. The van der Waals surface area contributed by atoms with Crippen LogP contribution in [0.2, 0.25) is 0 Å². The summed E-state index contributed by atoms with van der Waals surface area (Å²) in [6.45, 7) is 0.851. The molecule has 1 atom stereocenters. The van der Waals surface area contributed by atoms with E-state index in [0.717, 1.165) is 19.3 Å². The maximum atomic E-state index is 12.4. The van der Waals surface area contributed by atoms with Gasteiger partial charge in [0.2, 0.25) is 0 Å². The maximum Gasteiger partial charge on any atom is 0.307 e. The van der Waals surface area contributed by atoms with Crippen molar-refractivity contribution in [2.75, 3.05) is 33.7 Å². The molecule has 1 aliphatic carbocycles. The summed E-state index contributed by atoms with van der Waals surface area (Å²) in [6, 6.07) is 0. The topological polar surface area (TPSA) is 90.0 Å². The van der Waals surface area contributed by atoms with Crippen LogP contribution in [0, 0.1) is 5.92 Å². The number of piperidine rings is 1. The van der Waals surface area contributed by atoms with Crippen molar-refractivity contribution in [2.45, 2.75) is 37.6 Å². The second kappa shape index (κ2) is 6.20. The Kier molecular flexibility index (Phi) is 4.92. The molecule has 1 aliphatic heterocycles. The number of hydrogen-bond donors (Lipinski definition) is 2. The third kappa shape index (κ3) is 3.56. The maximum absolute atomic E-state index is 12.4. The van der Waals surface area contributed by atoms with Crippen LogP contribution in [-0.4, -0.2) is 68.0 Å². The molecule has 2 rings (SSSR count). The highest BCUT2D eigenvalue weighted by molar-refractivity contribution is 7.87. The fourth-order valence-corrected chi connectivity index (χ4v) is 4.43. The molecule has 0 aromatic rings. The van der Waals surface area contributed by atoms with Crippen molar-refractivity contribution in [2.24, 2.45) is 5.92 Å². The number of aliphatic carboxylic acids is 1. The average molecular weight is 319 g/mol. The van der Waals surface area contributed by atoms with Gasteiger partial charge in [0.25, 0.3) is 10.2 Å². The zero-order chi connectivity index (χ0) is 15.7. The summed E-state index contributed by atoms with van der Waals surface area (Å²) >= 11 is 0. The van der Waals surface area contributed by atoms with Gasteiger partial charge in [-0.25, -0.2) is 4.72 Å². The number of carbonyl (C=O) groups is 1. The molecular weight excluding hydrogens is 294 g/mol. The first kappa shape index (κ1) is 16.7. The van der Waals surface area contributed by atoms with E-state index in [4.69, 9.17) is 5.11 Å². The van der Waals surface area contributed by atoms with Gasteiger partial charge in [-0.3, -0.25) is 4.79 Å². The Balaban J connectivity index is 1.96. The number of nitrogens with zero attached hydrogens (tertiary/aromatic N) is 2. The summed E-state index contributed by atoms with van der Waals surface area (Å²) in [5.74, 6) is -1.51. The molecule has 8 heteroatoms. The number of likely N-dealkylation sites (N-methyl/N-ethyl adjacent to an activating group) is 1. The monoisotopic (exact) mass is 319 g/mol. The Morgan fingerprint density at radius 1 is 1.38 bits per heavy atom. The van der Waals surface area contributed by atoms with E-state index in [1.807, 2.05) is 14.1 Å². The normalized spacial score (nSPS) is 26.5. The SMILES string of the molecule is CN(C)C1(CNS(=O)(=O)N2CCCC(C(=O)O)C2)CCC1. The first-order valence-corrected chi connectivity index (χ1v) is 8.86. The summed E-state index contributed by atoms with van der Waals surface area (Å²) in [4.78, 5) is 13.1. The highest BCUT2D eigenvalue weighted by Crippen LogP contribution is 2.35. The summed E-state index contributed by atoms with van der Waals surface area (Å²) in [7, 11) is 0.335. The smallest absolute Gasteiger partial charge is 0.307 e. The predicted molar refractivity (Wildman–Crippen MR) is 79.1 cm³/mol. The van der Waals surface area contributed by atoms with Crippen molar-refractivity contribution < 1.29 is 18.3 Å². The van der Waals surface area contributed by atoms with E-state index in [9.17, 15) is 13.2 Å². The van der Waals surface area contributed by atoms with Gasteiger partial charge in [-0.05, 0) is 46.2 Å². The fraction of sp³-hybridized carbons (Fsp3) is 0.923. The van der Waals surface area contributed by atoms with Gasteiger partial charge in [0, 0.05) is 25.2 Å². The van der Waals surface area contributed by atoms with Crippen molar-refractivity contribution in [1.29, 1.82) is 0 Å². The van der Waals surface area contributed by atoms with Crippen LogP contribution in [0.1, 0.15) is 32.1 Å². The van der Waals surface area contributed by atoms with Crippen molar-refractivity contribution in [3.05, 3.63) is 0 Å². The Labute approximate surface area is 126 Å². The number of carboxylic acid groups (broad SMARTS) is 1. The van der Waals surface area contributed by atoms with Crippen LogP contribution in [0.5, 0.6) is 0 Å². The lowest BCUT2D eigenvalue weighted by atomic mass is 9.76. The van der Waals surface area contributed by atoms with E-state index in [0.29, 0.717) is 25.9 Å². The van der Waals surface area contributed by atoms with Gasteiger partial charge in [0.15, 0.2) is 0 Å². The Morgan fingerprint density at radius 3 is 2.52 bits per heavy atom. The fourth-order valence-electron chi connectivity index (χ4n) is 3.05. The number of rotatable bonds is 6. The van der Waals surface area contributed by atoms with Gasteiger partial charge in [0.1, 0.15) is 0 Å². The van der Waals surface area contributed by atoms with E-state index in [1.54, 1.807) is 0 Å². The molecule has 2 aliphatic rings. The number of carboxylic acids is 1. The highest BCUT2D eigenvalue weighted by atomic mass is 32.2. The van der Waals surface area contributed by atoms with E-state index in [-0.39, 0.29) is 12.1 Å². The van der Waals surface area contributed by atoms with Gasteiger partial charge in [0.05, 0.1) is 5.92 Å². The van der Waals surface area contributed by atoms with Gasteiger partial charge >= 0.3 is 5.97 Å². The van der Waals surface area contributed by atoms with Crippen molar-refractivity contribution >= 4 is 16.2 Å². The minimum atomic E-state index is -3.60. The molecule has 0 aromatic carbocycles. The first-order chi connectivity index (χ1) is 9.77. The van der Waals surface area contributed by atoms with Crippen LogP contribution in [0.4, 0.5) is 0 Å². The minimum absolute atomic E-state index is 0.0691. The van der Waals surface area contributed by atoms with Crippen molar-refractivity contribution in [3.8, 4) is 0 Å². The largest absolute Gasteiger partial charge is 0.481 e. The molecule has 2 N–H and O–H groups in total. The second-order valence-electron chi connectivity index (χ2n) is 6.33. The van der Waals surface area contributed by atoms with E-state index in [1.165, 1.54) is 4.31 Å². The van der Waals surface area contributed by atoms with Gasteiger partial charge in [-0.2, -0.15) is 12.7 Å². The van der Waals surface area contributed by atoms with Gasteiger partial charge < -0.3 is 10.0 Å². The zero-order valence-electron chi connectivity index (χ0n) is 12.7. The van der Waals surface area contributed by atoms with Gasteiger partial charge in [-0.1, -0.05) is 0 Å². The van der Waals surface area contributed by atoms with E-state index < -0.39 is 22.1 Å². The Hall–Kier alpha value is -0.700. The molecule has 1 unspecified atom stereocenters. The number of nitrogens with one attached hydrogen (secondary N) is 1. The molecule has 0 bridgehead atoms. The Morgan fingerprint density at radius 2 is 2.05 bits per heavy atom. The molecule has 122 valence electrons. The van der Waals surface area contributed by atoms with Gasteiger partial charge in [-0.15, -0.1) is 0 Å². The molecule has 1 saturated carbocycles. The summed E-state index contributed by atoms with van der Waals surface area (Å²) in [5.41, 5.74) is -0.0882. The summed E-state index contributed by atoms with van der Waals surface area (Å²) < 4.78 is 28.7. The molecular formula is C13H25N3O4S. The van der Waals surface area contributed by atoms with Crippen LogP contribution in [0.15, 0.2) is 0 Å². The quantitative estimate of drug-likeness (QED) is 0.725. The van der Waals surface area contributed by atoms with Crippen LogP contribution in [0.3, 0.4) is 0 Å². The second-order valence-corrected chi connectivity index (χ2v) is 8.09. The summed E-state index contributed by atoms with van der Waals surface area (Å²) in [5, 5.41) is 9.05. The van der Waals surface area contributed by atoms with Crippen molar-refractivity contribution in [1.82, 2.24) is 13.9 Å². The number of hydrogen-bond acceptors (Lipinski definition) is 4. The first-order valence-electron chi connectivity index (χ1n) is 7.42. The minimum Gasteiger partial charge on any atom is -0.481 e. The lowest BCUT2D eigenvalue weighted by molar-refractivity contribution is -0.142. The molecule has 0 radical (unpaired) electrons. The average Bonchev–Trinajstić information content (AvgIpc) is 2.37. The zero-order valence-corrected chi connectivity index (χ0v) is 13.5. The molecule has 2 fully saturated rings. The standard InChI is InChI=1S/C13H25N3O4S/c1-15(2)13(6-4-7-13)10-14-21(19,20)16-8-3-5-11(9-16)12(17)18/h11,14H,3-10H2,1-2H3,(H,17,18). The van der Waals surface area contributed by atoms with Crippen molar-refractivity contribution in [3.63, 3.8) is 0 Å². The van der Waals surface area contributed by atoms with E-state index in [2.05, 4.69) is 9.62 Å². The molecule has 1 saturated heterocycles. The predicted octanol–water partition coefficient (Wildman–Crippen LogP) is 0.102. The van der Waals surface area contributed by atoms with Crippen LogP contribution in [-0.2, 0) is 15.0 Å². The van der Waals surface area contributed by atoms with Crippen LogP contribution >= 0.6 is 0 Å². The summed E-state index contributed by atoms with van der Waals surface area (Å²) in [6.07, 6.45) is 4.23. The third-order valence-electron chi connectivity index (χ3n) is 4.89. The highest BCUT2D eigenvalue weighted by Gasteiger charge is 2.41. The van der Waals surface area contributed by atoms with Crippen LogP contribution in [0.25, 0.3) is 0 Å². The lowest BCUT2D eigenvalue weighted by Crippen LogP contribution is -2.59. The molecule has 1 heterocycles. The molecule has 0 aromatic heterocycles. The lowest BCUT2D eigenvalue weighted by Gasteiger charge is -2.47.